The van der Waals surface area contributed by atoms with Gasteiger partial charge in [0.1, 0.15) is 6.10 Å². The van der Waals surface area contributed by atoms with Gasteiger partial charge < -0.3 is 19.5 Å². The van der Waals surface area contributed by atoms with Gasteiger partial charge in [0, 0.05) is 39.0 Å². The molecule has 3 aromatic heterocycles. The van der Waals surface area contributed by atoms with Gasteiger partial charge in [-0.05, 0) is 12.8 Å². The summed E-state index contributed by atoms with van der Waals surface area (Å²) in [5.74, 6) is -2.12. The van der Waals surface area contributed by atoms with Gasteiger partial charge in [-0.1, -0.05) is 5.21 Å². The van der Waals surface area contributed by atoms with Crippen molar-refractivity contribution in [3.63, 3.8) is 0 Å². The van der Waals surface area contributed by atoms with Crippen molar-refractivity contribution in [2.24, 2.45) is 0 Å². The second-order valence-electron chi connectivity index (χ2n) is 7.68. The van der Waals surface area contributed by atoms with E-state index < -0.39 is 23.6 Å². The van der Waals surface area contributed by atoms with Gasteiger partial charge in [0.2, 0.25) is 0 Å². The van der Waals surface area contributed by atoms with Crippen LogP contribution in [0.25, 0.3) is 16.7 Å². The van der Waals surface area contributed by atoms with Crippen LogP contribution < -0.4 is 0 Å². The number of aromatic amines is 1. The van der Waals surface area contributed by atoms with E-state index >= 15 is 0 Å². The molecular weight excluding hydrogens is 421 g/mol. The van der Waals surface area contributed by atoms with Crippen molar-refractivity contribution in [3.05, 3.63) is 36.2 Å². The predicted octanol–water partition coefficient (Wildman–Crippen LogP) is 0.315. The molecule has 166 valence electrons. The molecule has 12 heteroatoms. The Kier molecular flexibility index (Phi) is 5.13. The van der Waals surface area contributed by atoms with E-state index in [0.29, 0.717) is 26.1 Å². The zero-order chi connectivity index (χ0) is 22.2. The molecule has 2 aliphatic rings. The highest BCUT2D eigenvalue weighted by Crippen LogP contribution is 2.26. The number of piperazine rings is 1. The maximum Gasteiger partial charge on any atom is 0.295 e. The lowest BCUT2D eigenvalue weighted by molar-refractivity contribution is -0.144. The summed E-state index contributed by atoms with van der Waals surface area (Å²) in [6.45, 7) is 1.67. The summed E-state index contributed by atoms with van der Waals surface area (Å²) in [6.07, 6.45) is 6.40. The number of aromatic nitrogens is 5. The molecule has 32 heavy (non-hydrogen) atoms. The number of rotatable bonds is 4. The minimum Gasteiger partial charge on any atom is -0.368 e. The van der Waals surface area contributed by atoms with Crippen molar-refractivity contribution in [3.8, 4) is 5.82 Å². The fourth-order valence-corrected chi connectivity index (χ4v) is 4.13. The Labute approximate surface area is 181 Å². The zero-order valence-corrected chi connectivity index (χ0v) is 17.0. The summed E-state index contributed by atoms with van der Waals surface area (Å²) >= 11 is 0. The Morgan fingerprint density at radius 3 is 2.62 bits per heavy atom. The maximum absolute atomic E-state index is 14.6. The van der Waals surface area contributed by atoms with Gasteiger partial charge in [0.25, 0.3) is 17.6 Å². The smallest absolute Gasteiger partial charge is 0.295 e. The first-order chi connectivity index (χ1) is 15.5. The summed E-state index contributed by atoms with van der Waals surface area (Å²) in [4.78, 5) is 48.2. The van der Waals surface area contributed by atoms with Gasteiger partial charge in [-0.3, -0.25) is 14.4 Å². The summed E-state index contributed by atoms with van der Waals surface area (Å²) in [7, 11) is 0. The first-order valence-electron chi connectivity index (χ1n) is 10.3. The average molecular weight is 441 g/mol. The van der Waals surface area contributed by atoms with E-state index in [4.69, 9.17) is 4.74 Å². The number of ether oxygens (including phenoxy) is 1. The van der Waals surface area contributed by atoms with Crippen LogP contribution in [-0.2, 0) is 14.3 Å². The molecule has 3 aromatic rings. The van der Waals surface area contributed by atoms with Crippen LogP contribution in [0.4, 0.5) is 4.39 Å². The lowest BCUT2D eigenvalue weighted by atomic mass is 10.1. The van der Waals surface area contributed by atoms with Crippen LogP contribution in [-0.4, -0.2) is 91.2 Å². The molecule has 1 unspecified atom stereocenters. The molecule has 2 fully saturated rings. The SMILES string of the molecule is O=C(C(=O)N1CCN(C(=O)C2CCCO2)CC1)c1c[nH]c2c(-n3ccnn3)ncc(F)c12. The molecule has 5 rings (SSSR count). The molecule has 1 N–H and O–H groups in total. The Bertz CT molecular complexity index is 1180. The second-order valence-corrected chi connectivity index (χ2v) is 7.68. The Morgan fingerprint density at radius 1 is 1.16 bits per heavy atom. The molecule has 2 amide bonds. The van der Waals surface area contributed by atoms with E-state index in [1.807, 2.05) is 0 Å². The molecule has 0 bridgehead atoms. The van der Waals surface area contributed by atoms with E-state index in [-0.39, 0.29) is 41.3 Å². The van der Waals surface area contributed by atoms with E-state index in [2.05, 4.69) is 20.3 Å². The first kappa shape index (κ1) is 20.2. The van der Waals surface area contributed by atoms with Crippen molar-refractivity contribution in [1.29, 1.82) is 0 Å². The number of Topliss-reactive ketones (excluding diaryl/α,β-unsaturated/α-hetero) is 1. The van der Waals surface area contributed by atoms with Gasteiger partial charge >= 0.3 is 0 Å². The minimum atomic E-state index is -0.829. The topological polar surface area (TPSA) is 126 Å². The monoisotopic (exact) mass is 441 g/mol. The number of fused-ring (bicyclic) bond motifs is 1. The third kappa shape index (κ3) is 3.42. The Morgan fingerprint density at radius 2 is 1.94 bits per heavy atom. The highest BCUT2D eigenvalue weighted by molar-refractivity contribution is 6.45. The number of nitrogens with one attached hydrogen (secondary N) is 1. The van der Waals surface area contributed by atoms with Crippen molar-refractivity contribution in [1.82, 2.24) is 34.8 Å². The molecule has 0 aliphatic carbocycles. The van der Waals surface area contributed by atoms with E-state index in [0.717, 1.165) is 12.6 Å². The van der Waals surface area contributed by atoms with Crippen LogP contribution >= 0.6 is 0 Å². The van der Waals surface area contributed by atoms with E-state index in [1.54, 1.807) is 4.90 Å². The predicted molar refractivity (Wildman–Crippen MR) is 107 cm³/mol. The van der Waals surface area contributed by atoms with Crippen LogP contribution in [0.15, 0.2) is 24.8 Å². The highest BCUT2D eigenvalue weighted by atomic mass is 19.1. The molecule has 1 atom stereocenters. The quantitative estimate of drug-likeness (QED) is 0.456. The molecule has 2 saturated heterocycles. The van der Waals surface area contributed by atoms with Crippen LogP contribution in [0.1, 0.15) is 23.2 Å². The van der Waals surface area contributed by atoms with Gasteiger partial charge in [-0.25, -0.2) is 14.1 Å². The Hall–Kier alpha value is -3.67. The van der Waals surface area contributed by atoms with E-state index in [9.17, 15) is 18.8 Å². The third-order valence-corrected chi connectivity index (χ3v) is 5.80. The number of ketones is 1. The van der Waals surface area contributed by atoms with Crippen LogP contribution in [0, 0.1) is 5.82 Å². The maximum atomic E-state index is 14.6. The number of amides is 2. The van der Waals surface area contributed by atoms with Crippen LogP contribution in [0.3, 0.4) is 0 Å². The van der Waals surface area contributed by atoms with Crippen molar-refractivity contribution in [2.75, 3.05) is 32.8 Å². The number of carbonyl (C=O) groups excluding carboxylic acids is 3. The number of carbonyl (C=O) groups is 3. The number of pyridine rings is 1. The van der Waals surface area contributed by atoms with Gasteiger partial charge in [-0.15, -0.1) is 5.10 Å². The summed E-state index contributed by atoms with van der Waals surface area (Å²) < 4.78 is 21.4. The molecule has 0 saturated carbocycles. The van der Waals surface area contributed by atoms with Crippen LogP contribution in [0.5, 0.6) is 0 Å². The lowest BCUT2D eigenvalue weighted by Crippen LogP contribution is -2.54. The summed E-state index contributed by atoms with van der Waals surface area (Å²) in [5.41, 5.74) is 0.155. The van der Waals surface area contributed by atoms with Gasteiger partial charge in [-0.2, -0.15) is 0 Å². The zero-order valence-electron chi connectivity index (χ0n) is 17.0. The van der Waals surface area contributed by atoms with Gasteiger partial charge in [0.05, 0.1) is 35.1 Å². The molecule has 0 spiro atoms. The fourth-order valence-electron chi connectivity index (χ4n) is 4.13. The molecule has 11 nitrogen and oxygen atoms in total. The van der Waals surface area contributed by atoms with Crippen molar-refractivity contribution < 1.29 is 23.5 Å². The number of halogens is 1. The minimum absolute atomic E-state index is 0.0314. The third-order valence-electron chi connectivity index (χ3n) is 5.80. The van der Waals surface area contributed by atoms with Crippen molar-refractivity contribution in [2.45, 2.75) is 18.9 Å². The number of hydrogen-bond acceptors (Lipinski definition) is 7. The molecule has 2 aliphatic heterocycles. The Balaban J connectivity index is 1.33. The largest absolute Gasteiger partial charge is 0.368 e. The number of nitrogens with zero attached hydrogens (tertiary/aromatic N) is 6. The second kappa shape index (κ2) is 8.11. The lowest BCUT2D eigenvalue weighted by Gasteiger charge is -2.35. The standard InChI is InChI=1S/C20H20FN7O4/c21-13-11-23-18(28-4-3-24-25-28)16-15(13)12(10-22-16)17(29)20(31)27-7-5-26(6-8-27)19(30)14-2-1-9-32-14/h3-4,10-11,14,22H,1-2,5-9H2. The molecule has 0 aromatic carbocycles. The first-order valence-corrected chi connectivity index (χ1v) is 10.3. The number of hydrogen-bond donors (Lipinski definition) is 1. The normalized spacial score (nSPS) is 19.0. The average Bonchev–Trinajstić information content (AvgIpc) is 3.60. The molecule has 0 radical (unpaired) electrons. The van der Waals surface area contributed by atoms with Crippen LogP contribution in [0.2, 0.25) is 0 Å². The van der Waals surface area contributed by atoms with E-state index in [1.165, 1.54) is 28.2 Å². The highest BCUT2D eigenvalue weighted by Gasteiger charge is 2.34. The molecular formula is C20H20FN7O4. The fraction of sp³-hybridized carbons (Fsp3) is 0.400. The number of H-pyrrole nitrogens is 1. The summed E-state index contributed by atoms with van der Waals surface area (Å²) in [6, 6.07) is 0. The summed E-state index contributed by atoms with van der Waals surface area (Å²) in [5, 5.41) is 7.51. The van der Waals surface area contributed by atoms with Gasteiger partial charge in [0.15, 0.2) is 11.6 Å². The van der Waals surface area contributed by atoms with Crippen molar-refractivity contribution >= 4 is 28.5 Å². The molecule has 5 heterocycles.